The van der Waals surface area contributed by atoms with Gasteiger partial charge in [0.05, 0.1) is 38.3 Å². The number of aldehydes is 1. The first kappa shape index (κ1) is 42.3. The number of hydrogen-bond donors (Lipinski definition) is 0. The van der Waals surface area contributed by atoms with Crippen molar-refractivity contribution in [3.63, 3.8) is 0 Å². The van der Waals surface area contributed by atoms with Gasteiger partial charge in [0.25, 0.3) is 0 Å². The van der Waals surface area contributed by atoms with Crippen molar-refractivity contribution in [3.8, 4) is 34.1 Å². The van der Waals surface area contributed by atoms with Crippen LogP contribution in [0.5, 0.6) is 23.0 Å². The van der Waals surface area contributed by atoms with Gasteiger partial charge in [-0.3, -0.25) is 4.79 Å². The van der Waals surface area contributed by atoms with Crippen LogP contribution < -0.4 is 18.9 Å². The Morgan fingerprint density at radius 1 is 0.714 bits per heavy atom. The molecule has 0 heterocycles. The van der Waals surface area contributed by atoms with E-state index < -0.39 is 14.3 Å². The fourth-order valence-electron chi connectivity index (χ4n) is 8.25. The largest absolute Gasteiger partial charge is 0.496 e. The molecule has 0 saturated carbocycles. The third-order valence-electron chi connectivity index (χ3n) is 10.7. The summed E-state index contributed by atoms with van der Waals surface area (Å²) in [6.07, 6.45) is 0.773. The quantitative estimate of drug-likeness (QED) is 0.0522. The van der Waals surface area contributed by atoms with Crippen LogP contribution in [0.4, 0.5) is 0 Å². The Balaban J connectivity index is 1.96. The van der Waals surface area contributed by atoms with Gasteiger partial charge in [0, 0.05) is 28.1 Å². The normalized spacial score (nSPS) is 11.7. The molecule has 5 aromatic carbocycles. The van der Waals surface area contributed by atoms with E-state index >= 15 is 0 Å². The number of carbonyl (C=O) groups is 2. The van der Waals surface area contributed by atoms with Gasteiger partial charge in [-0.1, -0.05) is 120 Å². The number of esters is 1. The summed E-state index contributed by atoms with van der Waals surface area (Å²) in [5.74, 6) is 0.749. The molecule has 0 amide bonds. The van der Waals surface area contributed by atoms with E-state index in [1.54, 1.807) is 19.2 Å². The molecule has 0 unspecified atom stereocenters. The van der Waals surface area contributed by atoms with E-state index in [0.717, 1.165) is 23.0 Å². The summed E-state index contributed by atoms with van der Waals surface area (Å²) in [7, 11) is 1.98. The lowest BCUT2D eigenvalue weighted by Crippen LogP contribution is -2.47. The lowest BCUT2D eigenvalue weighted by Gasteiger charge is -2.42. The fraction of sp³-hybridized carbons (Fsp3) is 0.348. The molecule has 0 N–H and O–H groups in total. The third kappa shape index (κ3) is 8.31. The zero-order valence-electron chi connectivity index (χ0n) is 34.1. The van der Waals surface area contributed by atoms with E-state index in [4.69, 9.17) is 39.7 Å². The Morgan fingerprint density at radius 2 is 1.27 bits per heavy atom. The molecule has 5 rings (SSSR count). The highest BCUT2D eigenvalue weighted by Gasteiger charge is 2.45. The summed E-state index contributed by atoms with van der Waals surface area (Å²) in [4.78, 5) is 27.4. The average Bonchev–Trinajstić information content (AvgIpc) is 3.18. The summed E-state index contributed by atoms with van der Waals surface area (Å²) in [5, 5.41) is 1.35. The Kier molecular flexibility index (Phi) is 13.9. The molecule has 0 aliphatic rings. The van der Waals surface area contributed by atoms with Crippen LogP contribution in [-0.2, 0) is 29.0 Å². The van der Waals surface area contributed by atoms with Crippen molar-refractivity contribution in [2.75, 3.05) is 21.3 Å². The molecule has 0 aliphatic heterocycles. The Bertz CT molecular complexity index is 2140. The summed E-state index contributed by atoms with van der Waals surface area (Å²) >= 11 is 6.75. The van der Waals surface area contributed by atoms with Crippen molar-refractivity contribution in [2.45, 2.75) is 84.9 Å². The van der Waals surface area contributed by atoms with Crippen LogP contribution in [-0.4, -0.2) is 41.9 Å². The SMILES string of the molecule is COC(=O)c1c(C)cc(CO[Si](C(C)C)(C(C)C)C(C)C)c(-c2c(C=O)cc3c(OC)c(Cl)cc(OC)c3c2OCc2ccccc2)c1OCc1ccccc1. The highest BCUT2D eigenvalue weighted by Crippen LogP contribution is 2.53. The molecule has 0 fully saturated rings. The monoisotopic (exact) mass is 796 g/mol. The molecular formula is C46H53ClO8Si. The van der Waals surface area contributed by atoms with Crippen LogP contribution in [0.15, 0.2) is 78.9 Å². The number of halogens is 1. The van der Waals surface area contributed by atoms with Gasteiger partial charge in [0.15, 0.2) is 6.29 Å². The topological polar surface area (TPSA) is 89.5 Å². The van der Waals surface area contributed by atoms with Crippen molar-refractivity contribution >= 4 is 42.9 Å². The lowest BCUT2D eigenvalue weighted by atomic mass is 9.87. The number of benzene rings is 5. The number of carbonyl (C=O) groups excluding carboxylic acids is 2. The summed E-state index contributed by atoms with van der Waals surface area (Å²) < 4.78 is 38.1. The molecular weight excluding hydrogens is 744 g/mol. The van der Waals surface area contributed by atoms with Gasteiger partial charge in [-0.15, -0.1) is 0 Å². The van der Waals surface area contributed by atoms with Crippen molar-refractivity contribution in [1.29, 1.82) is 0 Å². The molecule has 0 bridgehead atoms. The molecule has 0 aromatic heterocycles. The summed E-state index contributed by atoms with van der Waals surface area (Å²) in [5.41, 5.74) is 5.42. The van der Waals surface area contributed by atoms with Gasteiger partial charge in [0.2, 0.25) is 8.32 Å². The predicted molar refractivity (Wildman–Crippen MR) is 226 cm³/mol. The maximum Gasteiger partial charge on any atom is 0.341 e. The summed E-state index contributed by atoms with van der Waals surface area (Å²) in [6.45, 7) is 15.7. The van der Waals surface area contributed by atoms with Crippen LogP contribution in [0.25, 0.3) is 21.9 Å². The zero-order chi connectivity index (χ0) is 40.7. The minimum Gasteiger partial charge on any atom is -0.496 e. The average molecular weight is 797 g/mol. The Morgan fingerprint density at radius 3 is 1.75 bits per heavy atom. The highest BCUT2D eigenvalue weighted by molar-refractivity contribution is 6.77. The number of methoxy groups -OCH3 is 3. The van der Waals surface area contributed by atoms with E-state index in [1.165, 1.54) is 14.2 Å². The first-order valence-electron chi connectivity index (χ1n) is 18.9. The second-order valence-corrected chi connectivity index (χ2v) is 20.7. The molecule has 0 aliphatic carbocycles. The van der Waals surface area contributed by atoms with Gasteiger partial charge in [-0.25, -0.2) is 4.79 Å². The minimum absolute atomic E-state index is 0.126. The molecule has 56 heavy (non-hydrogen) atoms. The molecule has 0 radical (unpaired) electrons. The fourth-order valence-corrected chi connectivity index (χ4v) is 13.9. The van der Waals surface area contributed by atoms with Crippen LogP contribution in [0.3, 0.4) is 0 Å². The van der Waals surface area contributed by atoms with E-state index in [-0.39, 0.29) is 36.7 Å². The number of rotatable bonds is 17. The van der Waals surface area contributed by atoms with E-state index in [2.05, 4.69) is 41.5 Å². The molecule has 0 atom stereocenters. The van der Waals surface area contributed by atoms with Gasteiger partial charge in [-0.2, -0.15) is 0 Å². The smallest absolute Gasteiger partial charge is 0.341 e. The van der Waals surface area contributed by atoms with Crippen LogP contribution >= 0.6 is 11.6 Å². The van der Waals surface area contributed by atoms with E-state index in [9.17, 15) is 9.59 Å². The summed E-state index contributed by atoms with van der Waals surface area (Å²) in [6, 6.07) is 24.8. The van der Waals surface area contributed by atoms with Gasteiger partial charge in [0.1, 0.15) is 41.8 Å². The Hall–Kier alpha value is -4.83. The van der Waals surface area contributed by atoms with E-state index in [1.807, 2.05) is 73.7 Å². The van der Waals surface area contributed by atoms with Crippen LogP contribution in [0.1, 0.15) is 84.5 Å². The van der Waals surface area contributed by atoms with Crippen LogP contribution in [0, 0.1) is 6.92 Å². The standard InChI is InChI=1S/C46H53ClO8Si/c1-28(2)56(29(3)4,30(5)6)55-27-35-21-31(7)39(46(49)52-10)44(53-25-32-17-13-11-14-18-32)41(35)40-34(24-48)22-36-42(38(50-8)23-37(47)43(36)51-9)45(40)54-26-33-19-15-12-16-20-33/h11-24,28-30H,25-27H2,1-10H3. The first-order valence-corrected chi connectivity index (χ1v) is 21.4. The van der Waals surface area contributed by atoms with Crippen molar-refractivity contribution in [3.05, 3.63) is 117 Å². The molecule has 5 aromatic rings. The van der Waals surface area contributed by atoms with Crippen molar-refractivity contribution in [2.24, 2.45) is 0 Å². The van der Waals surface area contributed by atoms with Crippen molar-refractivity contribution < 1.29 is 37.7 Å². The molecule has 8 nitrogen and oxygen atoms in total. The highest BCUT2D eigenvalue weighted by atomic mass is 35.5. The van der Waals surface area contributed by atoms with Crippen molar-refractivity contribution in [1.82, 2.24) is 0 Å². The molecule has 0 spiro atoms. The molecule has 0 saturated heterocycles. The van der Waals surface area contributed by atoms with Crippen LogP contribution in [0.2, 0.25) is 21.6 Å². The third-order valence-corrected chi connectivity index (χ3v) is 17.0. The predicted octanol–water partition coefficient (Wildman–Crippen LogP) is 11.9. The maximum atomic E-state index is 13.9. The molecule has 296 valence electrons. The van der Waals surface area contributed by atoms with E-state index in [0.29, 0.717) is 66.4 Å². The number of aryl methyl sites for hydroxylation is 1. The van der Waals surface area contributed by atoms with Gasteiger partial charge < -0.3 is 28.1 Å². The van der Waals surface area contributed by atoms with Gasteiger partial charge in [-0.05, 0) is 51.9 Å². The number of fused-ring (bicyclic) bond motifs is 1. The number of hydrogen-bond acceptors (Lipinski definition) is 8. The first-order chi connectivity index (χ1) is 26.8. The molecule has 10 heteroatoms. The van der Waals surface area contributed by atoms with Gasteiger partial charge >= 0.3 is 5.97 Å². The second-order valence-electron chi connectivity index (χ2n) is 14.9. The maximum absolute atomic E-state index is 13.9. The zero-order valence-corrected chi connectivity index (χ0v) is 35.8. The second kappa shape index (κ2) is 18.4. The minimum atomic E-state index is -2.44. The lowest BCUT2D eigenvalue weighted by molar-refractivity contribution is 0.0594. The Labute approximate surface area is 337 Å². The number of ether oxygens (including phenoxy) is 5.